The van der Waals surface area contributed by atoms with Gasteiger partial charge >= 0.3 is 6.18 Å². The van der Waals surface area contributed by atoms with Gasteiger partial charge in [0.2, 0.25) is 0 Å². The Morgan fingerprint density at radius 2 is 1.79 bits per heavy atom. The molecule has 34 heavy (non-hydrogen) atoms. The molecule has 0 atom stereocenters. The summed E-state index contributed by atoms with van der Waals surface area (Å²) in [7, 11) is 1.45. The van der Waals surface area contributed by atoms with Crippen molar-refractivity contribution in [2.24, 2.45) is 12.8 Å². The summed E-state index contributed by atoms with van der Waals surface area (Å²) in [5.41, 5.74) is 5.27. The standard InChI is InChI=1S/C22H20F3N7O2/c1-11(2)12-4-6-13(7-5-12)14-8-17(22(23,24)25)32-18(28-14)9-15(30-32)21(34)29-16-10-27-31(3)19(16)20(26)33/h4-11H,1-3H3,(H2,26,33)(H,29,34). The molecule has 0 radical (unpaired) electrons. The van der Waals surface area contributed by atoms with Crippen molar-refractivity contribution in [2.45, 2.75) is 25.9 Å². The zero-order valence-electron chi connectivity index (χ0n) is 18.4. The quantitative estimate of drug-likeness (QED) is 0.461. The van der Waals surface area contributed by atoms with E-state index < -0.39 is 23.7 Å². The number of carbonyl (C=O) groups is 2. The first-order chi connectivity index (χ1) is 16.0. The average molecular weight is 471 g/mol. The number of fused-ring (bicyclic) bond motifs is 1. The highest BCUT2D eigenvalue weighted by Crippen LogP contribution is 2.33. The van der Waals surface area contributed by atoms with Gasteiger partial charge in [-0.3, -0.25) is 14.3 Å². The molecule has 0 aliphatic heterocycles. The minimum absolute atomic E-state index is 0.00647. The fourth-order valence-electron chi connectivity index (χ4n) is 3.48. The Morgan fingerprint density at radius 1 is 1.12 bits per heavy atom. The van der Waals surface area contributed by atoms with Gasteiger partial charge in [-0.1, -0.05) is 38.1 Å². The van der Waals surface area contributed by atoms with Crippen molar-refractivity contribution in [3.8, 4) is 11.3 Å². The molecule has 0 fully saturated rings. The lowest BCUT2D eigenvalue weighted by Gasteiger charge is -2.11. The second-order valence-electron chi connectivity index (χ2n) is 7.95. The number of halogens is 3. The number of nitrogens with zero attached hydrogens (tertiary/aromatic N) is 5. The van der Waals surface area contributed by atoms with Gasteiger partial charge in [0.25, 0.3) is 11.8 Å². The SMILES string of the molecule is CC(C)c1ccc(-c2cc(C(F)(F)F)n3nc(C(=O)Nc4cnn(C)c4C(N)=O)cc3n2)cc1. The number of benzene rings is 1. The van der Waals surface area contributed by atoms with E-state index in [1.54, 1.807) is 12.1 Å². The van der Waals surface area contributed by atoms with Crippen LogP contribution in [0.2, 0.25) is 0 Å². The molecule has 0 saturated heterocycles. The number of nitrogens with two attached hydrogens (primary N) is 1. The zero-order chi connectivity index (χ0) is 24.8. The lowest BCUT2D eigenvalue weighted by Crippen LogP contribution is -2.20. The number of aromatic nitrogens is 5. The van der Waals surface area contributed by atoms with Crippen LogP contribution in [0.5, 0.6) is 0 Å². The van der Waals surface area contributed by atoms with Gasteiger partial charge in [0.05, 0.1) is 17.6 Å². The van der Waals surface area contributed by atoms with Gasteiger partial charge in [0.15, 0.2) is 17.0 Å². The highest BCUT2D eigenvalue weighted by Gasteiger charge is 2.35. The van der Waals surface area contributed by atoms with Crippen molar-refractivity contribution < 1.29 is 22.8 Å². The van der Waals surface area contributed by atoms with Crippen molar-refractivity contribution in [3.63, 3.8) is 0 Å². The molecule has 0 aliphatic carbocycles. The largest absolute Gasteiger partial charge is 0.433 e. The molecule has 0 saturated carbocycles. The summed E-state index contributed by atoms with van der Waals surface area (Å²) < 4.78 is 43.2. The Balaban J connectivity index is 1.76. The van der Waals surface area contributed by atoms with Crippen LogP contribution in [0.3, 0.4) is 0 Å². The third-order valence-electron chi connectivity index (χ3n) is 5.24. The molecule has 9 nitrogen and oxygen atoms in total. The number of amides is 2. The Kier molecular flexibility index (Phi) is 5.59. The molecule has 3 heterocycles. The molecular formula is C22H20F3N7O2. The van der Waals surface area contributed by atoms with E-state index in [4.69, 9.17) is 5.73 Å². The van der Waals surface area contributed by atoms with Crippen LogP contribution in [-0.2, 0) is 13.2 Å². The molecule has 2 amide bonds. The molecule has 176 valence electrons. The van der Waals surface area contributed by atoms with Crippen molar-refractivity contribution in [3.05, 3.63) is 65.2 Å². The molecule has 0 spiro atoms. The summed E-state index contributed by atoms with van der Waals surface area (Å²) in [4.78, 5) is 28.6. The molecule has 0 bridgehead atoms. The predicted molar refractivity (Wildman–Crippen MR) is 117 cm³/mol. The maximum absolute atomic E-state index is 13.8. The molecule has 4 aromatic rings. The normalized spacial score (nSPS) is 11.9. The Hall–Kier alpha value is -4.22. The van der Waals surface area contributed by atoms with Crippen molar-refractivity contribution in [2.75, 3.05) is 5.32 Å². The van der Waals surface area contributed by atoms with Crippen LogP contribution in [0.4, 0.5) is 18.9 Å². The lowest BCUT2D eigenvalue weighted by atomic mass is 10.0. The van der Waals surface area contributed by atoms with E-state index in [-0.39, 0.29) is 34.3 Å². The van der Waals surface area contributed by atoms with Crippen LogP contribution in [0.1, 0.15) is 52.0 Å². The van der Waals surface area contributed by atoms with E-state index in [1.165, 1.54) is 17.9 Å². The van der Waals surface area contributed by atoms with Crippen molar-refractivity contribution in [1.29, 1.82) is 0 Å². The molecular weight excluding hydrogens is 451 g/mol. The number of alkyl halides is 3. The number of anilines is 1. The first kappa shape index (κ1) is 23.0. The summed E-state index contributed by atoms with van der Waals surface area (Å²) in [5, 5.41) is 10.1. The third kappa shape index (κ3) is 4.21. The number of hydrogen-bond donors (Lipinski definition) is 2. The number of rotatable bonds is 5. The van der Waals surface area contributed by atoms with E-state index >= 15 is 0 Å². The van der Waals surface area contributed by atoms with Crippen LogP contribution < -0.4 is 11.1 Å². The third-order valence-corrected chi connectivity index (χ3v) is 5.24. The fraction of sp³-hybridized carbons (Fsp3) is 0.227. The Bertz CT molecular complexity index is 1400. The fourth-order valence-corrected chi connectivity index (χ4v) is 3.48. The highest BCUT2D eigenvalue weighted by atomic mass is 19.4. The van der Waals surface area contributed by atoms with Gasteiger partial charge in [0.1, 0.15) is 5.69 Å². The van der Waals surface area contributed by atoms with Gasteiger partial charge in [0, 0.05) is 18.7 Å². The van der Waals surface area contributed by atoms with Crippen molar-refractivity contribution >= 4 is 23.1 Å². The van der Waals surface area contributed by atoms with E-state index in [2.05, 4.69) is 20.5 Å². The molecule has 12 heteroatoms. The molecule has 4 rings (SSSR count). The molecule has 0 unspecified atom stereocenters. The van der Waals surface area contributed by atoms with Crippen LogP contribution in [-0.4, -0.2) is 36.2 Å². The Labute approximate surface area is 191 Å². The monoisotopic (exact) mass is 471 g/mol. The lowest BCUT2D eigenvalue weighted by molar-refractivity contribution is -0.142. The second kappa shape index (κ2) is 8.28. The van der Waals surface area contributed by atoms with Crippen LogP contribution in [0.25, 0.3) is 16.9 Å². The minimum Gasteiger partial charge on any atom is -0.364 e. The van der Waals surface area contributed by atoms with Gasteiger partial charge in [-0.05, 0) is 17.5 Å². The number of hydrogen-bond acceptors (Lipinski definition) is 5. The summed E-state index contributed by atoms with van der Waals surface area (Å²) in [5.74, 6) is -1.42. The van der Waals surface area contributed by atoms with Gasteiger partial charge in [-0.25, -0.2) is 9.50 Å². The van der Waals surface area contributed by atoms with Crippen LogP contribution >= 0.6 is 0 Å². The summed E-state index contributed by atoms with van der Waals surface area (Å²) in [6, 6.07) is 9.09. The summed E-state index contributed by atoms with van der Waals surface area (Å²) in [6.07, 6.45) is -3.55. The van der Waals surface area contributed by atoms with Crippen LogP contribution in [0.15, 0.2) is 42.6 Å². The zero-order valence-corrected chi connectivity index (χ0v) is 18.4. The van der Waals surface area contributed by atoms with Gasteiger partial charge in [-0.15, -0.1) is 0 Å². The second-order valence-corrected chi connectivity index (χ2v) is 7.95. The Morgan fingerprint density at radius 3 is 2.38 bits per heavy atom. The smallest absolute Gasteiger partial charge is 0.364 e. The maximum atomic E-state index is 13.8. The number of aryl methyl sites for hydroxylation is 1. The average Bonchev–Trinajstić information content (AvgIpc) is 3.35. The summed E-state index contributed by atoms with van der Waals surface area (Å²) in [6.45, 7) is 4.02. The van der Waals surface area contributed by atoms with E-state index in [9.17, 15) is 22.8 Å². The van der Waals surface area contributed by atoms with Gasteiger partial charge < -0.3 is 11.1 Å². The summed E-state index contributed by atoms with van der Waals surface area (Å²) >= 11 is 0. The predicted octanol–water partition coefficient (Wildman–Crippen LogP) is 3.62. The molecule has 3 N–H and O–H groups in total. The topological polar surface area (TPSA) is 120 Å². The van der Waals surface area contributed by atoms with E-state index in [0.717, 1.165) is 17.7 Å². The van der Waals surface area contributed by atoms with Crippen molar-refractivity contribution in [1.82, 2.24) is 24.4 Å². The minimum atomic E-state index is -4.75. The number of nitrogens with one attached hydrogen (secondary N) is 1. The van der Waals surface area contributed by atoms with E-state index in [0.29, 0.717) is 10.1 Å². The number of carbonyl (C=O) groups excluding carboxylic acids is 2. The highest BCUT2D eigenvalue weighted by molar-refractivity contribution is 6.07. The first-order valence-corrected chi connectivity index (χ1v) is 10.2. The number of primary amides is 1. The molecule has 3 aromatic heterocycles. The van der Waals surface area contributed by atoms with Gasteiger partial charge in [-0.2, -0.15) is 23.4 Å². The maximum Gasteiger partial charge on any atom is 0.433 e. The van der Waals surface area contributed by atoms with E-state index in [1.807, 2.05) is 26.0 Å². The van der Waals surface area contributed by atoms with Crippen LogP contribution in [0, 0.1) is 0 Å². The molecule has 1 aromatic carbocycles. The molecule has 0 aliphatic rings. The first-order valence-electron chi connectivity index (χ1n) is 10.2.